The Hall–Kier alpha value is -4.78. The molecule has 2 aliphatic rings. The number of aliphatic imine (C=N–C) groups is 1. The van der Waals surface area contributed by atoms with Crippen molar-refractivity contribution in [3.05, 3.63) is 124 Å². The molecule has 1 aromatic heterocycles. The van der Waals surface area contributed by atoms with E-state index in [1.807, 2.05) is 60.7 Å². The number of para-hydroxylation sites is 2. The van der Waals surface area contributed by atoms with Gasteiger partial charge in [0.1, 0.15) is 23.0 Å². The van der Waals surface area contributed by atoms with Crippen LogP contribution in [-0.4, -0.2) is 32.6 Å². The van der Waals surface area contributed by atoms with Gasteiger partial charge in [0.15, 0.2) is 11.6 Å². The summed E-state index contributed by atoms with van der Waals surface area (Å²) in [6.07, 6.45) is 1.97. The number of benzene rings is 3. The fourth-order valence-electron chi connectivity index (χ4n) is 5.92. The first-order valence-corrected chi connectivity index (χ1v) is 13.9. The Morgan fingerprint density at radius 2 is 1.41 bits per heavy atom. The van der Waals surface area contributed by atoms with E-state index in [1.54, 1.807) is 18.2 Å². The predicted octanol–water partition coefficient (Wildman–Crippen LogP) is 6.96. The van der Waals surface area contributed by atoms with Crippen molar-refractivity contribution in [3.63, 3.8) is 0 Å². The average Bonchev–Trinajstić information content (AvgIpc) is 3.41. The molecule has 0 bridgehead atoms. The Morgan fingerprint density at radius 1 is 0.805 bits per heavy atom. The number of aromatic nitrogens is 1. The fourth-order valence-corrected chi connectivity index (χ4v) is 5.92. The first kappa shape index (κ1) is 26.4. The number of aromatic hydroxyl groups is 1. The van der Waals surface area contributed by atoms with E-state index in [0.717, 1.165) is 11.1 Å². The van der Waals surface area contributed by atoms with Gasteiger partial charge in [0.2, 0.25) is 0 Å². The summed E-state index contributed by atoms with van der Waals surface area (Å²) in [5.41, 5.74) is 4.04. The first-order chi connectivity index (χ1) is 20.0. The molecule has 1 fully saturated rings. The Balaban J connectivity index is 1.27. The number of fused-ring (bicyclic) bond motifs is 1. The number of Topliss-reactive ketones (excluding diaryl/α,β-unsaturated/α-hetero) is 2. The van der Waals surface area contributed by atoms with E-state index in [0.29, 0.717) is 47.7 Å². The molecule has 1 heterocycles. The quantitative estimate of drug-likeness (QED) is 0.200. The monoisotopic (exact) mass is 546 g/mol. The van der Waals surface area contributed by atoms with Crippen molar-refractivity contribution >= 4 is 23.0 Å². The molecule has 41 heavy (non-hydrogen) atoms. The average molecular weight is 547 g/mol. The van der Waals surface area contributed by atoms with Gasteiger partial charge in [-0.15, -0.1) is 0 Å². The predicted molar refractivity (Wildman–Crippen MR) is 155 cm³/mol. The van der Waals surface area contributed by atoms with Gasteiger partial charge in [-0.3, -0.25) is 9.59 Å². The zero-order valence-corrected chi connectivity index (χ0v) is 22.5. The van der Waals surface area contributed by atoms with Gasteiger partial charge >= 0.3 is 0 Å². The normalized spacial score (nSPS) is 21.1. The Labute approximate surface area is 237 Å². The minimum Gasteiger partial charge on any atom is -0.511 e. The summed E-state index contributed by atoms with van der Waals surface area (Å²) in [5, 5.41) is 25.8. The number of hydrogen-bond acceptors (Lipinski definition) is 7. The Bertz CT molecular complexity index is 1650. The molecular formula is C34H30N2O5. The van der Waals surface area contributed by atoms with E-state index in [2.05, 4.69) is 10.1 Å². The number of rotatable bonds is 6. The lowest BCUT2D eigenvalue weighted by Gasteiger charge is -2.26. The largest absolute Gasteiger partial charge is 0.511 e. The first-order valence-electron chi connectivity index (χ1n) is 13.9. The molecule has 7 heteroatoms. The number of carbonyl (C=O) groups is 2. The fraction of sp³-hybridized carbons (Fsp3) is 0.235. The maximum Gasteiger partial charge on any atom is 0.168 e. The van der Waals surface area contributed by atoms with Crippen molar-refractivity contribution in [1.29, 1.82) is 0 Å². The molecule has 0 radical (unpaired) electrons. The molecule has 2 N–H and O–H groups in total. The lowest BCUT2D eigenvalue weighted by atomic mass is 9.78. The molecule has 2 unspecified atom stereocenters. The highest BCUT2D eigenvalue weighted by Crippen LogP contribution is 2.38. The van der Waals surface area contributed by atoms with Crippen LogP contribution in [0.2, 0.25) is 0 Å². The maximum absolute atomic E-state index is 13.5. The summed E-state index contributed by atoms with van der Waals surface area (Å²) in [6, 6.07) is 26.3. The molecule has 0 saturated heterocycles. The van der Waals surface area contributed by atoms with Crippen LogP contribution < -0.4 is 0 Å². The molecule has 206 valence electrons. The smallest absolute Gasteiger partial charge is 0.168 e. The SMILES string of the molecule is O=C1CC(c2ccccc2)CC(=Nc2ccccc2O)C1=C(O)CCc1noc2c1C(=O)CC(c1ccccc1)C2. The second-order valence-corrected chi connectivity index (χ2v) is 10.7. The summed E-state index contributed by atoms with van der Waals surface area (Å²) in [5.74, 6) is 0.178. The topological polar surface area (TPSA) is 113 Å². The van der Waals surface area contributed by atoms with E-state index in [4.69, 9.17) is 4.52 Å². The van der Waals surface area contributed by atoms with Gasteiger partial charge in [-0.2, -0.15) is 0 Å². The highest BCUT2D eigenvalue weighted by atomic mass is 16.5. The molecule has 0 spiro atoms. The van der Waals surface area contributed by atoms with Gasteiger partial charge in [-0.25, -0.2) is 4.99 Å². The lowest BCUT2D eigenvalue weighted by molar-refractivity contribution is -0.116. The second kappa shape index (κ2) is 11.4. The van der Waals surface area contributed by atoms with Crippen LogP contribution in [0.4, 0.5) is 5.69 Å². The van der Waals surface area contributed by atoms with Crippen LogP contribution in [0.3, 0.4) is 0 Å². The number of carbonyl (C=O) groups excluding carboxylic acids is 2. The van der Waals surface area contributed by atoms with Crippen molar-refractivity contribution in [3.8, 4) is 5.75 Å². The number of aliphatic hydroxyl groups is 1. The Kier molecular flexibility index (Phi) is 7.33. The summed E-state index contributed by atoms with van der Waals surface area (Å²) < 4.78 is 5.60. The number of phenols is 1. The van der Waals surface area contributed by atoms with Crippen molar-refractivity contribution in [2.45, 2.75) is 50.4 Å². The van der Waals surface area contributed by atoms with Gasteiger partial charge in [0, 0.05) is 32.1 Å². The highest BCUT2D eigenvalue weighted by molar-refractivity contribution is 6.25. The molecule has 4 aromatic rings. The number of phenolic OH excluding ortho intramolecular Hbond substituents is 1. The second-order valence-electron chi connectivity index (χ2n) is 10.7. The number of aryl methyl sites for hydroxylation is 1. The van der Waals surface area contributed by atoms with Crippen molar-refractivity contribution < 1.29 is 24.3 Å². The number of nitrogens with zero attached hydrogens (tertiary/aromatic N) is 2. The lowest BCUT2D eigenvalue weighted by Crippen LogP contribution is -2.26. The third-order valence-corrected chi connectivity index (χ3v) is 7.98. The molecular weight excluding hydrogens is 516 g/mol. The zero-order valence-electron chi connectivity index (χ0n) is 22.5. The molecule has 6 rings (SSSR count). The van der Waals surface area contributed by atoms with E-state index in [9.17, 15) is 19.8 Å². The zero-order chi connectivity index (χ0) is 28.3. The molecule has 7 nitrogen and oxygen atoms in total. The molecule has 1 saturated carbocycles. The summed E-state index contributed by atoms with van der Waals surface area (Å²) in [4.78, 5) is 31.3. The molecule has 2 atom stereocenters. The van der Waals surface area contributed by atoms with Crippen LogP contribution in [0.25, 0.3) is 0 Å². The minimum absolute atomic E-state index is 0.00494. The van der Waals surface area contributed by atoms with Crippen LogP contribution in [0.15, 0.2) is 106 Å². The molecule has 3 aromatic carbocycles. The van der Waals surface area contributed by atoms with Crippen molar-refractivity contribution in [1.82, 2.24) is 5.16 Å². The van der Waals surface area contributed by atoms with Gasteiger partial charge < -0.3 is 14.7 Å². The highest BCUT2D eigenvalue weighted by Gasteiger charge is 2.35. The third-order valence-electron chi connectivity index (χ3n) is 7.98. The molecule has 0 amide bonds. The Morgan fingerprint density at radius 3 is 2.10 bits per heavy atom. The summed E-state index contributed by atoms with van der Waals surface area (Å²) in [6.45, 7) is 0. The van der Waals surface area contributed by atoms with E-state index < -0.39 is 0 Å². The van der Waals surface area contributed by atoms with Crippen LogP contribution in [-0.2, 0) is 17.6 Å². The van der Waals surface area contributed by atoms with Crippen LogP contribution >= 0.6 is 0 Å². The van der Waals surface area contributed by atoms with Gasteiger partial charge in [-0.05, 0) is 41.5 Å². The van der Waals surface area contributed by atoms with Crippen LogP contribution in [0, 0.1) is 0 Å². The van der Waals surface area contributed by atoms with Gasteiger partial charge in [-0.1, -0.05) is 78.0 Å². The third kappa shape index (κ3) is 5.48. The number of aliphatic hydroxyl groups excluding tert-OH is 1. The van der Waals surface area contributed by atoms with E-state index >= 15 is 0 Å². The number of allylic oxidation sites excluding steroid dienone is 2. The van der Waals surface area contributed by atoms with E-state index in [-0.39, 0.29) is 59.7 Å². The molecule has 0 aliphatic heterocycles. The maximum atomic E-state index is 13.5. The van der Waals surface area contributed by atoms with Crippen LogP contribution in [0.5, 0.6) is 5.75 Å². The number of ketones is 2. The van der Waals surface area contributed by atoms with Crippen molar-refractivity contribution in [2.24, 2.45) is 4.99 Å². The summed E-state index contributed by atoms with van der Waals surface area (Å²) in [7, 11) is 0. The number of hydrogen-bond donors (Lipinski definition) is 2. The van der Waals surface area contributed by atoms with Gasteiger partial charge in [0.25, 0.3) is 0 Å². The van der Waals surface area contributed by atoms with Gasteiger partial charge in [0.05, 0.1) is 22.5 Å². The standard InChI is InChI=1S/C34H30N2O5/c37-28-14-8-7-13-25(28)35-27-17-23(21-9-3-1-4-10-21)18-30(39)33(27)29(38)16-15-26-34-31(40)19-24(20-32(34)41-36-26)22-11-5-2-6-12-22/h1-14,23-24,37-38H,15-20H2. The minimum atomic E-state index is -0.208. The summed E-state index contributed by atoms with van der Waals surface area (Å²) >= 11 is 0. The molecule has 2 aliphatic carbocycles. The van der Waals surface area contributed by atoms with Crippen LogP contribution in [0.1, 0.15) is 70.5 Å². The van der Waals surface area contributed by atoms with Crippen molar-refractivity contribution in [2.75, 3.05) is 0 Å². The van der Waals surface area contributed by atoms with E-state index in [1.165, 1.54) is 6.07 Å².